The van der Waals surface area contributed by atoms with Crippen molar-refractivity contribution in [3.05, 3.63) is 53.3 Å². The molecular formula is C14H13NO2. The van der Waals surface area contributed by atoms with E-state index in [1.54, 1.807) is 24.5 Å². The van der Waals surface area contributed by atoms with E-state index in [0.29, 0.717) is 5.56 Å². The Hall–Kier alpha value is -2.16. The second-order valence-corrected chi connectivity index (χ2v) is 4.08. The number of carboxylic acids is 1. The van der Waals surface area contributed by atoms with Crippen LogP contribution in [0.4, 0.5) is 0 Å². The second kappa shape index (κ2) is 4.37. The molecule has 1 aromatic carbocycles. The number of pyridine rings is 1. The van der Waals surface area contributed by atoms with Crippen molar-refractivity contribution < 1.29 is 9.90 Å². The third kappa shape index (κ3) is 2.33. The summed E-state index contributed by atoms with van der Waals surface area (Å²) in [5.41, 5.74) is 4.23. The molecule has 3 nitrogen and oxygen atoms in total. The summed E-state index contributed by atoms with van der Waals surface area (Å²) < 4.78 is 0. The molecule has 0 saturated heterocycles. The third-order valence-corrected chi connectivity index (χ3v) is 2.66. The quantitative estimate of drug-likeness (QED) is 0.857. The molecule has 1 aromatic heterocycles. The minimum Gasteiger partial charge on any atom is -0.478 e. The SMILES string of the molecule is Cc1cc(C(=O)O)cc(-c2ccncc2C)c1. The van der Waals surface area contributed by atoms with Crippen LogP contribution in [0.15, 0.2) is 36.7 Å². The van der Waals surface area contributed by atoms with Crippen molar-refractivity contribution >= 4 is 5.97 Å². The zero-order chi connectivity index (χ0) is 12.4. The van der Waals surface area contributed by atoms with Crippen molar-refractivity contribution in [1.82, 2.24) is 4.98 Å². The Morgan fingerprint density at radius 3 is 2.65 bits per heavy atom. The van der Waals surface area contributed by atoms with Gasteiger partial charge in [0, 0.05) is 12.4 Å². The highest BCUT2D eigenvalue weighted by Crippen LogP contribution is 2.24. The van der Waals surface area contributed by atoms with E-state index in [1.165, 1.54) is 0 Å². The Balaban J connectivity index is 2.60. The molecule has 0 amide bonds. The first-order valence-corrected chi connectivity index (χ1v) is 5.34. The second-order valence-electron chi connectivity index (χ2n) is 4.08. The molecule has 0 aliphatic rings. The fourth-order valence-electron chi connectivity index (χ4n) is 1.86. The summed E-state index contributed by atoms with van der Waals surface area (Å²) in [6, 6.07) is 7.24. The van der Waals surface area contributed by atoms with Gasteiger partial charge in [0.05, 0.1) is 5.56 Å². The first-order valence-electron chi connectivity index (χ1n) is 5.34. The van der Waals surface area contributed by atoms with Crippen LogP contribution in [0.25, 0.3) is 11.1 Å². The lowest BCUT2D eigenvalue weighted by Crippen LogP contribution is -1.97. The molecule has 0 bridgehead atoms. The van der Waals surface area contributed by atoms with Gasteiger partial charge in [-0.3, -0.25) is 4.98 Å². The highest BCUT2D eigenvalue weighted by atomic mass is 16.4. The fourth-order valence-corrected chi connectivity index (χ4v) is 1.86. The van der Waals surface area contributed by atoms with Gasteiger partial charge < -0.3 is 5.11 Å². The van der Waals surface area contributed by atoms with Crippen LogP contribution in [-0.2, 0) is 0 Å². The Labute approximate surface area is 99.8 Å². The fraction of sp³-hybridized carbons (Fsp3) is 0.143. The number of carboxylic acid groups (broad SMARTS) is 1. The largest absolute Gasteiger partial charge is 0.478 e. The Kier molecular flexibility index (Phi) is 2.91. The van der Waals surface area contributed by atoms with Crippen molar-refractivity contribution in [2.75, 3.05) is 0 Å². The average Bonchev–Trinajstić information content (AvgIpc) is 2.28. The molecule has 0 saturated carbocycles. The van der Waals surface area contributed by atoms with Crippen molar-refractivity contribution in [1.29, 1.82) is 0 Å². The predicted molar refractivity (Wildman–Crippen MR) is 66.1 cm³/mol. The molecule has 2 rings (SSSR count). The summed E-state index contributed by atoms with van der Waals surface area (Å²) in [5.74, 6) is -0.901. The molecule has 0 fully saturated rings. The molecule has 3 heteroatoms. The number of hydrogen-bond donors (Lipinski definition) is 1. The van der Waals surface area contributed by atoms with E-state index in [0.717, 1.165) is 22.3 Å². The molecule has 2 aromatic rings. The lowest BCUT2D eigenvalue weighted by molar-refractivity contribution is 0.0697. The van der Waals surface area contributed by atoms with Crippen molar-refractivity contribution in [3.8, 4) is 11.1 Å². The number of carbonyl (C=O) groups is 1. The molecule has 0 aliphatic carbocycles. The van der Waals surface area contributed by atoms with Gasteiger partial charge >= 0.3 is 5.97 Å². The van der Waals surface area contributed by atoms with Crippen LogP contribution >= 0.6 is 0 Å². The summed E-state index contributed by atoms with van der Waals surface area (Å²) in [7, 11) is 0. The van der Waals surface area contributed by atoms with Gasteiger partial charge in [-0.05, 0) is 54.3 Å². The van der Waals surface area contributed by atoms with E-state index in [9.17, 15) is 4.79 Å². The maximum atomic E-state index is 11.0. The summed E-state index contributed by atoms with van der Waals surface area (Å²) in [5, 5.41) is 9.04. The molecule has 0 aliphatic heterocycles. The zero-order valence-corrected chi connectivity index (χ0v) is 9.77. The van der Waals surface area contributed by atoms with Crippen LogP contribution in [0.5, 0.6) is 0 Å². The van der Waals surface area contributed by atoms with Crippen LogP contribution in [-0.4, -0.2) is 16.1 Å². The molecule has 0 atom stereocenters. The van der Waals surface area contributed by atoms with E-state index in [4.69, 9.17) is 5.11 Å². The molecule has 86 valence electrons. The van der Waals surface area contributed by atoms with Gasteiger partial charge in [0.1, 0.15) is 0 Å². The zero-order valence-electron chi connectivity index (χ0n) is 9.77. The number of nitrogens with zero attached hydrogens (tertiary/aromatic N) is 1. The van der Waals surface area contributed by atoms with E-state index >= 15 is 0 Å². The lowest BCUT2D eigenvalue weighted by Gasteiger charge is -2.07. The summed E-state index contributed by atoms with van der Waals surface area (Å²) >= 11 is 0. The van der Waals surface area contributed by atoms with Crippen LogP contribution in [0, 0.1) is 13.8 Å². The van der Waals surface area contributed by atoms with Gasteiger partial charge in [0.15, 0.2) is 0 Å². The van der Waals surface area contributed by atoms with E-state index in [2.05, 4.69) is 4.98 Å². The van der Waals surface area contributed by atoms with Gasteiger partial charge in [-0.2, -0.15) is 0 Å². The van der Waals surface area contributed by atoms with Gasteiger partial charge in [-0.1, -0.05) is 6.07 Å². The summed E-state index contributed by atoms with van der Waals surface area (Å²) in [6.45, 7) is 3.86. The highest BCUT2D eigenvalue weighted by Gasteiger charge is 2.08. The van der Waals surface area contributed by atoms with Crippen LogP contribution in [0.1, 0.15) is 21.5 Å². The van der Waals surface area contributed by atoms with Gasteiger partial charge in [0.25, 0.3) is 0 Å². The predicted octanol–water partition coefficient (Wildman–Crippen LogP) is 3.06. The van der Waals surface area contributed by atoms with Gasteiger partial charge in [-0.15, -0.1) is 0 Å². The normalized spacial score (nSPS) is 10.2. The Bertz CT molecular complexity index is 576. The summed E-state index contributed by atoms with van der Waals surface area (Å²) in [4.78, 5) is 15.0. The molecular weight excluding hydrogens is 214 g/mol. The number of aromatic nitrogens is 1. The van der Waals surface area contributed by atoms with E-state index in [1.807, 2.05) is 26.0 Å². The van der Waals surface area contributed by atoms with Crippen LogP contribution in [0.3, 0.4) is 0 Å². The van der Waals surface area contributed by atoms with E-state index < -0.39 is 5.97 Å². The first-order chi connectivity index (χ1) is 8.08. The van der Waals surface area contributed by atoms with Gasteiger partial charge in [-0.25, -0.2) is 4.79 Å². The maximum absolute atomic E-state index is 11.0. The molecule has 1 heterocycles. The number of hydrogen-bond acceptors (Lipinski definition) is 2. The lowest BCUT2D eigenvalue weighted by atomic mass is 9.98. The minimum atomic E-state index is -0.901. The van der Waals surface area contributed by atoms with Crippen molar-refractivity contribution in [3.63, 3.8) is 0 Å². The van der Waals surface area contributed by atoms with Crippen LogP contribution in [0.2, 0.25) is 0 Å². The van der Waals surface area contributed by atoms with Crippen molar-refractivity contribution in [2.45, 2.75) is 13.8 Å². The molecule has 0 radical (unpaired) electrons. The van der Waals surface area contributed by atoms with Crippen molar-refractivity contribution in [2.24, 2.45) is 0 Å². The third-order valence-electron chi connectivity index (χ3n) is 2.66. The van der Waals surface area contributed by atoms with Gasteiger partial charge in [0.2, 0.25) is 0 Å². The topological polar surface area (TPSA) is 50.2 Å². The van der Waals surface area contributed by atoms with E-state index in [-0.39, 0.29) is 0 Å². The molecule has 17 heavy (non-hydrogen) atoms. The summed E-state index contributed by atoms with van der Waals surface area (Å²) in [6.07, 6.45) is 3.49. The number of benzene rings is 1. The maximum Gasteiger partial charge on any atom is 0.335 e. The number of aromatic carboxylic acids is 1. The van der Waals surface area contributed by atoms with Crippen LogP contribution < -0.4 is 0 Å². The number of rotatable bonds is 2. The average molecular weight is 227 g/mol. The standard InChI is InChI=1S/C14H13NO2/c1-9-5-11(7-12(6-9)14(16)17)13-3-4-15-8-10(13)2/h3-8H,1-2H3,(H,16,17). The smallest absolute Gasteiger partial charge is 0.335 e. The molecule has 0 spiro atoms. The Morgan fingerprint density at radius 2 is 2.00 bits per heavy atom. The minimum absolute atomic E-state index is 0.316. The Morgan fingerprint density at radius 1 is 1.24 bits per heavy atom. The highest BCUT2D eigenvalue weighted by molar-refractivity contribution is 5.90. The molecule has 0 unspecified atom stereocenters. The number of aryl methyl sites for hydroxylation is 2. The molecule has 1 N–H and O–H groups in total. The monoisotopic (exact) mass is 227 g/mol. The first kappa shape index (κ1) is 11.3.